The predicted octanol–water partition coefficient (Wildman–Crippen LogP) is 5.99. The van der Waals surface area contributed by atoms with Gasteiger partial charge in [0.05, 0.1) is 22.8 Å². The van der Waals surface area contributed by atoms with Crippen molar-refractivity contribution in [2.45, 2.75) is 66.2 Å². The van der Waals surface area contributed by atoms with E-state index in [0.29, 0.717) is 37.8 Å². The minimum absolute atomic E-state index is 0.153. The van der Waals surface area contributed by atoms with Crippen LogP contribution in [0.1, 0.15) is 49.7 Å². The van der Waals surface area contributed by atoms with E-state index in [2.05, 4.69) is 0 Å². The smallest absolute Gasteiger partial charge is 0.340 e. The van der Waals surface area contributed by atoms with Crippen LogP contribution < -0.4 is 0 Å². The number of alkyl halides is 7. The van der Waals surface area contributed by atoms with Gasteiger partial charge in [-0.25, -0.2) is 22.3 Å². The number of fused-ring (bicyclic) bond motifs is 2. The molecule has 5 rings (SSSR count). The minimum atomic E-state index is -6.38. The summed E-state index contributed by atoms with van der Waals surface area (Å²) in [5.41, 5.74) is -9.64. The minimum Gasteiger partial charge on any atom is -0.340 e. The predicted molar refractivity (Wildman–Crippen MR) is 146 cm³/mol. The van der Waals surface area contributed by atoms with E-state index in [1.807, 2.05) is 0 Å². The summed E-state index contributed by atoms with van der Waals surface area (Å²) in [7, 11) is -1.82. The van der Waals surface area contributed by atoms with E-state index in [4.69, 9.17) is 4.84 Å². The van der Waals surface area contributed by atoms with Gasteiger partial charge in [-0.2, -0.15) is 26.3 Å². The van der Waals surface area contributed by atoms with Crippen LogP contribution >= 0.6 is 0 Å². The first-order valence-electron chi connectivity index (χ1n) is 14.3. The Morgan fingerprint density at radius 3 is 1.85 bits per heavy atom. The third-order valence-electron chi connectivity index (χ3n) is 10.1. The van der Waals surface area contributed by atoms with E-state index in [-0.39, 0.29) is 43.0 Å². The van der Waals surface area contributed by atoms with Crippen LogP contribution in [0.3, 0.4) is 0 Å². The van der Waals surface area contributed by atoms with Crippen molar-refractivity contribution in [3.63, 3.8) is 0 Å². The average molecular weight is 683 g/mol. The maximum Gasteiger partial charge on any atom is 0.435 e. The number of likely N-dealkylation sites (tertiary alicyclic amines) is 1. The molecule has 2 aliphatic carbocycles. The molecule has 1 saturated heterocycles. The van der Waals surface area contributed by atoms with Gasteiger partial charge >= 0.3 is 18.0 Å². The molecule has 2 aromatic rings. The van der Waals surface area contributed by atoms with Crippen molar-refractivity contribution in [3.8, 4) is 0 Å². The first-order valence-corrected chi connectivity index (χ1v) is 15.7. The van der Waals surface area contributed by atoms with Crippen molar-refractivity contribution in [1.29, 1.82) is 0 Å². The van der Waals surface area contributed by atoms with Crippen molar-refractivity contribution in [1.82, 2.24) is 9.96 Å². The number of carbonyl (C=O) groups excluding carboxylic acids is 2. The lowest BCUT2D eigenvalue weighted by atomic mass is 9.81. The highest BCUT2D eigenvalue weighted by Gasteiger charge is 2.73. The molecule has 0 N–H and O–H groups in total. The van der Waals surface area contributed by atoms with Crippen LogP contribution in [0.4, 0.5) is 35.1 Å². The number of amides is 2. The van der Waals surface area contributed by atoms with Crippen LogP contribution in [0.15, 0.2) is 53.4 Å². The molecule has 0 aromatic heterocycles. The molecule has 0 spiro atoms. The highest BCUT2D eigenvalue weighted by atomic mass is 32.2. The van der Waals surface area contributed by atoms with Gasteiger partial charge in [-0.3, -0.25) is 14.4 Å². The number of carbonyl (C=O) groups is 2. The Kier molecular flexibility index (Phi) is 8.07. The van der Waals surface area contributed by atoms with E-state index >= 15 is 0 Å². The number of benzene rings is 2. The average Bonchev–Trinajstić information content (AvgIpc) is 3.73. The molecule has 3 fully saturated rings. The molecule has 1 aliphatic heterocycles. The van der Waals surface area contributed by atoms with Gasteiger partial charge in [-0.15, -0.1) is 0 Å². The molecule has 7 nitrogen and oxygen atoms in total. The second kappa shape index (κ2) is 10.9. The van der Waals surface area contributed by atoms with E-state index < -0.39 is 72.2 Å². The maximum absolute atomic E-state index is 14.8. The molecule has 16 heteroatoms. The number of nitrogens with zero attached hydrogens (tertiary/aromatic N) is 2. The largest absolute Gasteiger partial charge is 0.435 e. The standard InChI is InChI=1S/C30H30F8N2O5S/c1-39(45-2)23(41)25-11-13-26(17-25,14-12-25)24(42)40-16-15-27(18-40,46(43,44)22-9-7-21(31)8-10-22)19-3-5-20(6-4-19)28(32,29(33,34)35)30(36,37)38/h3-10H,11-18H2,1-2H3/t25?,26?,27-/m0/s1. The Hall–Kier alpha value is -3.27. The second-order valence-corrected chi connectivity index (χ2v) is 14.6. The number of hydroxylamine groups is 2. The fraction of sp³-hybridized carbons (Fsp3) is 0.533. The Morgan fingerprint density at radius 2 is 1.35 bits per heavy atom. The summed E-state index contributed by atoms with van der Waals surface area (Å²) < 4.78 is 135. The fourth-order valence-corrected chi connectivity index (χ4v) is 9.51. The summed E-state index contributed by atoms with van der Waals surface area (Å²) in [6.45, 7) is -0.690. The second-order valence-electron chi connectivity index (χ2n) is 12.4. The lowest BCUT2D eigenvalue weighted by Crippen LogP contribution is -2.50. The molecule has 1 heterocycles. The lowest BCUT2D eigenvalue weighted by Gasteiger charge is -2.34. The van der Waals surface area contributed by atoms with Gasteiger partial charge < -0.3 is 4.90 Å². The van der Waals surface area contributed by atoms with Gasteiger partial charge in [0.1, 0.15) is 10.6 Å². The Labute approximate surface area is 259 Å². The molecule has 2 saturated carbocycles. The van der Waals surface area contributed by atoms with Crippen molar-refractivity contribution in [2.24, 2.45) is 10.8 Å². The summed E-state index contributed by atoms with van der Waals surface area (Å²) in [4.78, 5) is 33.1. The highest BCUT2D eigenvalue weighted by Crippen LogP contribution is 2.63. The van der Waals surface area contributed by atoms with Crippen LogP contribution in [0, 0.1) is 16.6 Å². The topological polar surface area (TPSA) is 84.0 Å². The zero-order chi connectivity index (χ0) is 34.1. The third kappa shape index (κ3) is 4.88. The van der Waals surface area contributed by atoms with E-state index in [9.17, 15) is 53.1 Å². The van der Waals surface area contributed by atoms with Gasteiger partial charge in [0.2, 0.25) is 5.91 Å². The number of hydrogen-bond donors (Lipinski definition) is 0. The van der Waals surface area contributed by atoms with Gasteiger partial charge in [0.25, 0.3) is 5.91 Å². The molecule has 0 radical (unpaired) electrons. The van der Waals surface area contributed by atoms with Crippen molar-refractivity contribution >= 4 is 21.7 Å². The number of rotatable bonds is 7. The summed E-state index contributed by atoms with van der Waals surface area (Å²) in [5.74, 6) is -1.49. The van der Waals surface area contributed by atoms with Gasteiger partial charge in [-0.1, -0.05) is 24.3 Å². The number of hydrogen-bond acceptors (Lipinski definition) is 5. The molecule has 252 valence electrons. The third-order valence-corrected chi connectivity index (χ3v) is 12.5. The quantitative estimate of drug-likeness (QED) is 0.204. The lowest BCUT2D eigenvalue weighted by molar-refractivity contribution is -0.348. The van der Waals surface area contributed by atoms with Gasteiger partial charge in [-0.05, 0) is 68.4 Å². The molecule has 0 unspecified atom stereocenters. The van der Waals surface area contributed by atoms with Crippen LogP contribution in [-0.2, 0) is 34.7 Å². The molecular weight excluding hydrogens is 652 g/mol. The Balaban J connectivity index is 1.54. The van der Waals surface area contributed by atoms with Crippen molar-refractivity contribution in [3.05, 3.63) is 65.5 Å². The molecule has 2 amide bonds. The molecular formula is C30H30F8N2O5S. The zero-order valence-electron chi connectivity index (χ0n) is 24.6. The van der Waals surface area contributed by atoms with Crippen LogP contribution in [0.2, 0.25) is 0 Å². The van der Waals surface area contributed by atoms with Crippen molar-refractivity contribution < 1.29 is 58.0 Å². The molecule has 1 atom stereocenters. The highest BCUT2D eigenvalue weighted by molar-refractivity contribution is 7.92. The summed E-state index contributed by atoms with van der Waals surface area (Å²) in [5, 5.41) is 1.09. The van der Waals surface area contributed by atoms with E-state index in [1.165, 1.54) is 19.1 Å². The zero-order valence-corrected chi connectivity index (χ0v) is 25.5. The summed E-state index contributed by atoms with van der Waals surface area (Å²) in [6, 6.07) is 5.51. The number of halogens is 8. The normalized spacial score (nSPS) is 26.9. The van der Waals surface area contributed by atoms with E-state index in [0.717, 1.165) is 29.3 Å². The van der Waals surface area contributed by atoms with Crippen molar-refractivity contribution in [2.75, 3.05) is 27.2 Å². The molecule has 46 heavy (non-hydrogen) atoms. The Bertz CT molecular complexity index is 1600. The fourth-order valence-electron chi connectivity index (χ4n) is 7.44. The molecule has 2 bridgehead atoms. The molecule has 2 aromatic carbocycles. The van der Waals surface area contributed by atoms with Crippen LogP contribution in [0.5, 0.6) is 0 Å². The summed E-state index contributed by atoms with van der Waals surface area (Å²) >= 11 is 0. The Morgan fingerprint density at radius 1 is 0.826 bits per heavy atom. The summed E-state index contributed by atoms with van der Waals surface area (Å²) in [6.07, 6.45) is -11.4. The first-order chi connectivity index (χ1) is 21.2. The van der Waals surface area contributed by atoms with Crippen LogP contribution in [0.25, 0.3) is 0 Å². The van der Waals surface area contributed by atoms with E-state index in [1.54, 1.807) is 0 Å². The first kappa shape index (κ1) is 34.1. The van der Waals surface area contributed by atoms with Crippen LogP contribution in [-0.4, -0.2) is 69.8 Å². The molecule has 3 aliphatic rings. The number of sulfone groups is 1. The SMILES string of the molecule is CON(C)C(=O)C12CCC(C(=O)N3CC[C@](c4ccc(C(F)(C(F)(F)F)C(F)(F)F)cc4)(S(=O)(=O)c4ccc(F)cc4)C3)(CC1)C2. The maximum atomic E-state index is 14.8. The van der Waals surface area contributed by atoms with Gasteiger partial charge in [0.15, 0.2) is 9.84 Å². The van der Waals surface area contributed by atoms with Gasteiger partial charge in [0, 0.05) is 25.7 Å². The monoisotopic (exact) mass is 682 g/mol.